The standard InChI is InChI=1S/C14H19N3O2/c1-19-14(18)10-4-6-16-13(7-10)17-8-11-3-2-5-15-12(11)9-17/h4,6-7,11-12,15H,2-3,5,8-9H2,1H3. The summed E-state index contributed by atoms with van der Waals surface area (Å²) >= 11 is 0. The Morgan fingerprint density at radius 1 is 1.53 bits per heavy atom. The zero-order chi connectivity index (χ0) is 13.2. The molecule has 3 heterocycles. The molecule has 2 atom stereocenters. The molecule has 19 heavy (non-hydrogen) atoms. The van der Waals surface area contributed by atoms with Crippen molar-refractivity contribution in [3.8, 4) is 0 Å². The Morgan fingerprint density at radius 3 is 3.21 bits per heavy atom. The first-order valence-corrected chi connectivity index (χ1v) is 6.80. The molecule has 2 aliphatic rings. The third kappa shape index (κ3) is 2.42. The van der Waals surface area contributed by atoms with Crippen LogP contribution in [0.15, 0.2) is 18.3 Å². The van der Waals surface area contributed by atoms with E-state index in [4.69, 9.17) is 4.74 Å². The molecular formula is C14H19N3O2. The van der Waals surface area contributed by atoms with Crippen LogP contribution in [0.4, 0.5) is 5.82 Å². The molecule has 3 rings (SSSR count). The number of hydrogen-bond acceptors (Lipinski definition) is 5. The molecular weight excluding hydrogens is 242 g/mol. The van der Waals surface area contributed by atoms with Crippen molar-refractivity contribution in [1.29, 1.82) is 0 Å². The number of anilines is 1. The van der Waals surface area contributed by atoms with Crippen molar-refractivity contribution in [3.63, 3.8) is 0 Å². The van der Waals surface area contributed by atoms with E-state index in [0.717, 1.165) is 25.5 Å². The van der Waals surface area contributed by atoms with E-state index in [1.54, 1.807) is 12.3 Å². The van der Waals surface area contributed by atoms with Crippen LogP contribution in [0.5, 0.6) is 0 Å². The van der Waals surface area contributed by atoms with Gasteiger partial charge in [-0.05, 0) is 37.4 Å². The number of aromatic nitrogens is 1. The summed E-state index contributed by atoms with van der Waals surface area (Å²) < 4.78 is 4.75. The third-order valence-corrected chi connectivity index (χ3v) is 4.09. The van der Waals surface area contributed by atoms with Crippen LogP contribution in [-0.4, -0.2) is 43.7 Å². The van der Waals surface area contributed by atoms with E-state index in [9.17, 15) is 4.79 Å². The molecule has 1 N–H and O–H groups in total. The van der Waals surface area contributed by atoms with Gasteiger partial charge in [-0.2, -0.15) is 0 Å². The van der Waals surface area contributed by atoms with Gasteiger partial charge in [0.15, 0.2) is 0 Å². The monoisotopic (exact) mass is 261 g/mol. The van der Waals surface area contributed by atoms with Crippen LogP contribution in [0.1, 0.15) is 23.2 Å². The molecule has 1 aromatic rings. The molecule has 0 aromatic carbocycles. The van der Waals surface area contributed by atoms with E-state index < -0.39 is 0 Å². The van der Waals surface area contributed by atoms with Crippen molar-refractivity contribution >= 4 is 11.8 Å². The molecule has 1 aromatic heterocycles. The minimum absolute atomic E-state index is 0.307. The van der Waals surface area contributed by atoms with Gasteiger partial charge < -0.3 is 15.0 Å². The van der Waals surface area contributed by atoms with Gasteiger partial charge in [-0.1, -0.05) is 0 Å². The first-order valence-electron chi connectivity index (χ1n) is 6.80. The van der Waals surface area contributed by atoms with E-state index in [-0.39, 0.29) is 5.97 Å². The van der Waals surface area contributed by atoms with Crippen molar-refractivity contribution in [2.75, 3.05) is 31.6 Å². The number of methoxy groups -OCH3 is 1. The molecule has 0 bridgehead atoms. The summed E-state index contributed by atoms with van der Waals surface area (Å²) in [5.74, 6) is 1.27. The molecule has 5 nitrogen and oxygen atoms in total. The minimum Gasteiger partial charge on any atom is -0.465 e. The topological polar surface area (TPSA) is 54.5 Å². The number of carbonyl (C=O) groups is 1. The van der Waals surface area contributed by atoms with Gasteiger partial charge in [-0.15, -0.1) is 0 Å². The Balaban J connectivity index is 1.77. The van der Waals surface area contributed by atoms with Gasteiger partial charge in [0.1, 0.15) is 5.82 Å². The Hall–Kier alpha value is -1.62. The highest BCUT2D eigenvalue weighted by Crippen LogP contribution is 2.28. The molecule has 102 valence electrons. The predicted octanol–water partition coefficient (Wildman–Crippen LogP) is 1.06. The number of nitrogens with zero attached hydrogens (tertiary/aromatic N) is 2. The molecule has 0 radical (unpaired) electrons. The maximum Gasteiger partial charge on any atom is 0.338 e. The lowest BCUT2D eigenvalue weighted by atomic mass is 9.94. The number of ether oxygens (including phenoxy) is 1. The Kier molecular flexibility index (Phi) is 3.38. The summed E-state index contributed by atoms with van der Waals surface area (Å²) in [5.41, 5.74) is 0.565. The molecule has 5 heteroatoms. The lowest BCUT2D eigenvalue weighted by molar-refractivity contribution is 0.0600. The highest BCUT2D eigenvalue weighted by atomic mass is 16.5. The lowest BCUT2D eigenvalue weighted by Crippen LogP contribution is -2.40. The smallest absolute Gasteiger partial charge is 0.338 e. The van der Waals surface area contributed by atoms with Crippen LogP contribution in [0.3, 0.4) is 0 Å². The van der Waals surface area contributed by atoms with Gasteiger partial charge in [-0.25, -0.2) is 9.78 Å². The zero-order valence-corrected chi connectivity index (χ0v) is 11.1. The maximum absolute atomic E-state index is 11.6. The van der Waals surface area contributed by atoms with Gasteiger partial charge in [-0.3, -0.25) is 0 Å². The van der Waals surface area contributed by atoms with Crippen molar-refractivity contribution in [1.82, 2.24) is 10.3 Å². The first kappa shape index (κ1) is 12.4. The Labute approximate surface area is 113 Å². The lowest BCUT2D eigenvalue weighted by Gasteiger charge is -2.24. The van der Waals surface area contributed by atoms with Crippen molar-refractivity contribution in [2.45, 2.75) is 18.9 Å². The maximum atomic E-state index is 11.6. The fraction of sp³-hybridized carbons (Fsp3) is 0.571. The number of fused-ring (bicyclic) bond motifs is 1. The number of carbonyl (C=O) groups excluding carboxylic acids is 1. The zero-order valence-electron chi connectivity index (χ0n) is 11.1. The SMILES string of the molecule is COC(=O)c1ccnc(N2CC3CCCNC3C2)c1. The number of esters is 1. The van der Waals surface area contributed by atoms with Crippen LogP contribution in [0.25, 0.3) is 0 Å². The molecule has 0 saturated carbocycles. The van der Waals surface area contributed by atoms with Crippen LogP contribution >= 0.6 is 0 Å². The fourth-order valence-electron chi connectivity index (χ4n) is 3.07. The molecule has 2 unspecified atom stereocenters. The van der Waals surface area contributed by atoms with Crippen LogP contribution in [0, 0.1) is 5.92 Å². The third-order valence-electron chi connectivity index (χ3n) is 4.09. The molecule has 0 spiro atoms. The van der Waals surface area contributed by atoms with Crippen molar-refractivity contribution in [3.05, 3.63) is 23.9 Å². The molecule has 2 fully saturated rings. The fourth-order valence-corrected chi connectivity index (χ4v) is 3.07. The number of piperidine rings is 1. The summed E-state index contributed by atoms with van der Waals surface area (Å²) in [6.45, 7) is 3.11. The number of rotatable bonds is 2. The number of nitrogens with one attached hydrogen (secondary N) is 1. The van der Waals surface area contributed by atoms with E-state index in [1.165, 1.54) is 20.0 Å². The van der Waals surface area contributed by atoms with Gasteiger partial charge in [0, 0.05) is 25.3 Å². The van der Waals surface area contributed by atoms with Gasteiger partial charge in [0.05, 0.1) is 12.7 Å². The number of hydrogen-bond donors (Lipinski definition) is 1. The summed E-state index contributed by atoms with van der Waals surface area (Å²) in [6.07, 6.45) is 4.21. The summed E-state index contributed by atoms with van der Waals surface area (Å²) in [5, 5.41) is 3.57. The minimum atomic E-state index is -0.307. The quantitative estimate of drug-likeness (QED) is 0.807. The highest BCUT2D eigenvalue weighted by Gasteiger charge is 2.34. The van der Waals surface area contributed by atoms with Crippen molar-refractivity contribution in [2.24, 2.45) is 5.92 Å². The second-order valence-corrected chi connectivity index (χ2v) is 5.26. The second-order valence-electron chi connectivity index (χ2n) is 5.26. The van der Waals surface area contributed by atoms with E-state index in [0.29, 0.717) is 17.5 Å². The van der Waals surface area contributed by atoms with Gasteiger partial charge in [0.25, 0.3) is 0 Å². The van der Waals surface area contributed by atoms with Gasteiger partial charge in [0.2, 0.25) is 0 Å². The highest BCUT2D eigenvalue weighted by molar-refractivity contribution is 5.90. The summed E-state index contributed by atoms with van der Waals surface area (Å²) in [6, 6.07) is 4.08. The number of pyridine rings is 1. The van der Waals surface area contributed by atoms with Crippen LogP contribution in [-0.2, 0) is 4.74 Å². The molecule has 2 saturated heterocycles. The first-order chi connectivity index (χ1) is 9.28. The Bertz CT molecular complexity index is 464. The predicted molar refractivity (Wildman–Crippen MR) is 72.3 cm³/mol. The molecule has 2 aliphatic heterocycles. The molecule has 0 amide bonds. The average Bonchev–Trinajstić information content (AvgIpc) is 2.90. The molecule has 0 aliphatic carbocycles. The summed E-state index contributed by atoms with van der Waals surface area (Å²) in [4.78, 5) is 18.2. The van der Waals surface area contributed by atoms with E-state index in [1.807, 2.05) is 6.07 Å². The second kappa shape index (κ2) is 5.17. The van der Waals surface area contributed by atoms with E-state index >= 15 is 0 Å². The van der Waals surface area contributed by atoms with Gasteiger partial charge >= 0.3 is 5.97 Å². The average molecular weight is 261 g/mol. The Morgan fingerprint density at radius 2 is 2.42 bits per heavy atom. The van der Waals surface area contributed by atoms with Crippen molar-refractivity contribution < 1.29 is 9.53 Å². The largest absolute Gasteiger partial charge is 0.465 e. The van der Waals surface area contributed by atoms with Crippen LogP contribution < -0.4 is 10.2 Å². The van der Waals surface area contributed by atoms with Crippen LogP contribution in [0.2, 0.25) is 0 Å². The van der Waals surface area contributed by atoms with E-state index in [2.05, 4.69) is 15.2 Å². The normalized spacial score (nSPS) is 26.1. The summed E-state index contributed by atoms with van der Waals surface area (Å²) in [7, 11) is 1.40.